The Labute approximate surface area is 141 Å². The zero-order chi connectivity index (χ0) is 13.8. The lowest BCUT2D eigenvalue weighted by Gasteiger charge is -2.14. The lowest BCUT2D eigenvalue weighted by Crippen LogP contribution is -1.96. The van der Waals surface area contributed by atoms with Gasteiger partial charge >= 0.3 is 0 Å². The number of benzene rings is 2. The van der Waals surface area contributed by atoms with Crippen molar-refractivity contribution in [2.75, 3.05) is 0 Å². The number of aryl methyl sites for hydroxylation is 1. The summed E-state index contributed by atoms with van der Waals surface area (Å²) in [5.41, 5.74) is 3.88. The van der Waals surface area contributed by atoms with Crippen molar-refractivity contribution in [2.24, 2.45) is 0 Å². The average molecular weight is 450 g/mol. The van der Waals surface area contributed by atoms with Crippen LogP contribution in [-0.2, 0) is 6.42 Å². The zero-order valence-corrected chi connectivity index (χ0v) is 15.2. The minimum atomic E-state index is 0.189. The molecule has 0 aromatic heterocycles. The molecule has 0 nitrogen and oxygen atoms in total. The van der Waals surface area contributed by atoms with Gasteiger partial charge in [0, 0.05) is 8.59 Å². The molecule has 0 saturated heterocycles. The molecule has 0 bridgehead atoms. The smallest absolute Gasteiger partial charge is 0.0655 e. The summed E-state index contributed by atoms with van der Waals surface area (Å²) in [7, 11) is 0. The quantitative estimate of drug-likeness (QED) is 0.375. The summed E-state index contributed by atoms with van der Waals surface area (Å²) >= 11 is 12.2. The average Bonchev–Trinajstić information content (AvgIpc) is 2.42. The first kappa shape index (κ1) is 15.3. The van der Waals surface area contributed by atoms with E-state index in [0.717, 1.165) is 11.4 Å². The molecule has 0 fully saturated rings. The van der Waals surface area contributed by atoms with Crippen LogP contribution in [-0.4, -0.2) is 0 Å². The van der Waals surface area contributed by atoms with Crippen LogP contribution in [0, 0.1) is 3.57 Å². The van der Waals surface area contributed by atoms with Crippen LogP contribution in [0.25, 0.3) is 0 Å². The normalized spacial score (nSPS) is 12.4. The summed E-state index contributed by atoms with van der Waals surface area (Å²) in [6.07, 6.45) is 2.32. The fourth-order valence-electron chi connectivity index (χ4n) is 2.03. The van der Waals surface area contributed by atoms with Gasteiger partial charge in [-0.1, -0.05) is 65.1 Å². The van der Waals surface area contributed by atoms with Crippen LogP contribution in [0.15, 0.2) is 42.5 Å². The van der Waals surface area contributed by atoms with Crippen molar-refractivity contribution >= 4 is 50.1 Å². The van der Waals surface area contributed by atoms with Crippen molar-refractivity contribution in [2.45, 2.75) is 24.6 Å². The Bertz CT molecular complexity index is 551. The highest BCUT2D eigenvalue weighted by molar-refractivity contribution is 14.1. The van der Waals surface area contributed by atoms with Crippen LogP contribution in [0.1, 0.15) is 34.9 Å². The second-order valence-corrected chi connectivity index (χ2v) is 7.03. The molecule has 1 atom stereocenters. The molecule has 2 rings (SSSR count). The van der Waals surface area contributed by atoms with Gasteiger partial charge < -0.3 is 0 Å². The van der Waals surface area contributed by atoms with Gasteiger partial charge in [0.2, 0.25) is 0 Å². The number of hydrogen-bond acceptors (Lipinski definition) is 0. The molecule has 0 aliphatic rings. The van der Waals surface area contributed by atoms with E-state index in [0.29, 0.717) is 0 Å². The molecule has 0 aliphatic heterocycles. The van der Waals surface area contributed by atoms with E-state index >= 15 is 0 Å². The molecule has 0 N–H and O–H groups in total. The minimum Gasteiger partial charge on any atom is -0.0843 e. The van der Waals surface area contributed by atoms with Gasteiger partial charge in [-0.15, -0.1) is 0 Å². The molecule has 1 unspecified atom stereocenters. The molecular weight excluding hydrogens is 434 g/mol. The standard InChI is InChI=1S/C16H15BrClI/c1-2-3-11-4-6-12(7-5-11)16(17)14-10-13(18)8-9-15(14)19/h4-10,16H,2-3H2,1H3. The molecule has 19 heavy (non-hydrogen) atoms. The van der Waals surface area contributed by atoms with Crippen molar-refractivity contribution in [3.8, 4) is 0 Å². The van der Waals surface area contributed by atoms with Gasteiger partial charge in [0.25, 0.3) is 0 Å². The van der Waals surface area contributed by atoms with Crippen LogP contribution in [0.5, 0.6) is 0 Å². The Morgan fingerprint density at radius 1 is 1.16 bits per heavy atom. The third kappa shape index (κ3) is 3.96. The lowest BCUT2D eigenvalue weighted by molar-refractivity contribution is 0.920. The van der Waals surface area contributed by atoms with Gasteiger partial charge in [-0.3, -0.25) is 0 Å². The summed E-state index contributed by atoms with van der Waals surface area (Å²) in [6.45, 7) is 2.20. The van der Waals surface area contributed by atoms with Gasteiger partial charge in [-0.25, -0.2) is 0 Å². The van der Waals surface area contributed by atoms with Crippen LogP contribution in [0.4, 0.5) is 0 Å². The molecule has 0 radical (unpaired) electrons. The predicted octanol–water partition coefficient (Wildman–Crippen LogP) is 6.38. The molecule has 0 aliphatic carbocycles. The number of rotatable bonds is 4. The third-order valence-corrected chi connectivity index (χ3v) is 5.28. The van der Waals surface area contributed by atoms with E-state index < -0.39 is 0 Å². The highest BCUT2D eigenvalue weighted by atomic mass is 127. The summed E-state index contributed by atoms with van der Waals surface area (Å²) in [4.78, 5) is 0.189. The summed E-state index contributed by atoms with van der Waals surface area (Å²) in [5.74, 6) is 0. The van der Waals surface area contributed by atoms with E-state index in [1.807, 2.05) is 12.1 Å². The molecule has 2 aromatic rings. The molecule has 0 amide bonds. The van der Waals surface area contributed by atoms with E-state index in [-0.39, 0.29) is 4.83 Å². The summed E-state index contributed by atoms with van der Waals surface area (Å²) in [5, 5.41) is 0.780. The molecule has 2 aromatic carbocycles. The van der Waals surface area contributed by atoms with Gasteiger partial charge in [0.15, 0.2) is 0 Å². The highest BCUT2D eigenvalue weighted by Gasteiger charge is 2.13. The SMILES string of the molecule is CCCc1ccc(C(Br)c2cc(Cl)ccc2I)cc1. The fourth-order valence-corrected chi connectivity index (χ4v) is 3.97. The van der Waals surface area contributed by atoms with Crippen LogP contribution < -0.4 is 0 Å². The van der Waals surface area contributed by atoms with Gasteiger partial charge in [0.05, 0.1) is 4.83 Å². The van der Waals surface area contributed by atoms with Crippen molar-refractivity contribution in [3.05, 3.63) is 67.7 Å². The molecule has 3 heteroatoms. The van der Waals surface area contributed by atoms with E-state index in [1.54, 1.807) is 0 Å². The zero-order valence-electron chi connectivity index (χ0n) is 10.7. The first-order chi connectivity index (χ1) is 9.11. The van der Waals surface area contributed by atoms with E-state index in [4.69, 9.17) is 11.6 Å². The maximum absolute atomic E-state index is 6.09. The van der Waals surface area contributed by atoms with Crippen LogP contribution in [0.3, 0.4) is 0 Å². The number of alkyl halides is 1. The Kier molecular flexibility index (Phi) is 5.72. The predicted molar refractivity (Wildman–Crippen MR) is 95.4 cm³/mol. The third-order valence-electron chi connectivity index (χ3n) is 3.04. The Morgan fingerprint density at radius 2 is 1.84 bits per heavy atom. The largest absolute Gasteiger partial charge is 0.0843 e. The van der Waals surface area contributed by atoms with Gasteiger partial charge in [-0.05, 0) is 63.9 Å². The Morgan fingerprint density at radius 3 is 2.47 bits per heavy atom. The lowest BCUT2D eigenvalue weighted by atomic mass is 10.0. The minimum absolute atomic E-state index is 0.189. The molecule has 100 valence electrons. The Hall–Kier alpha value is -0.0600. The van der Waals surface area contributed by atoms with Gasteiger partial charge in [-0.2, -0.15) is 0 Å². The molecule has 0 heterocycles. The number of hydrogen-bond donors (Lipinski definition) is 0. The maximum Gasteiger partial charge on any atom is 0.0655 e. The first-order valence-electron chi connectivity index (χ1n) is 6.29. The topological polar surface area (TPSA) is 0 Å². The summed E-state index contributed by atoms with van der Waals surface area (Å²) in [6, 6.07) is 14.8. The van der Waals surface area contributed by atoms with E-state index in [1.165, 1.54) is 26.7 Å². The van der Waals surface area contributed by atoms with E-state index in [9.17, 15) is 0 Å². The van der Waals surface area contributed by atoms with Crippen molar-refractivity contribution in [1.29, 1.82) is 0 Å². The van der Waals surface area contributed by atoms with Crippen LogP contribution >= 0.6 is 50.1 Å². The molecule has 0 spiro atoms. The van der Waals surface area contributed by atoms with Crippen molar-refractivity contribution < 1.29 is 0 Å². The van der Waals surface area contributed by atoms with Crippen LogP contribution in [0.2, 0.25) is 5.02 Å². The maximum atomic E-state index is 6.09. The fraction of sp³-hybridized carbons (Fsp3) is 0.250. The summed E-state index contributed by atoms with van der Waals surface area (Å²) < 4.78 is 1.22. The number of halogens is 3. The van der Waals surface area contributed by atoms with Crippen molar-refractivity contribution in [1.82, 2.24) is 0 Å². The second-order valence-electron chi connectivity index (χ2n) is 4.52. The van der Waals surface area contributed by atoms with Gasteiger partial charge in [0.1, 0.15) is 0 Å². The monoisotopic (exact) mass is 448 g/mol. The molecular formula is C16H15BrClI. The van der Waals surface area contributed by atoms with E-state index in [2.05, 4.69) is 75.8 Å². The highest BCUT2D eigenvalue weighted by Crippen LogP contribution is 2.35. The first-order valence-corrected chi connectivity index (χ1v) is 8.67. The Balaban J connectivity index is 2.27. The second kappa shape index (κ2) is 7.09. The van der Waals surface area contributed by atoms with Crippen molar-refractivity contribution in [3.63, 3.8) is 0 Å². The molecule has 0 saturated carbocycles.